The molecule has 4 rings (SSSR count). The highest BCUT2D eigenvalue weighted by Gasteiger charge is 2.42. The summed E-state index contributed by atoms with van der Waals surface area (Å²) in [6.07, 6.45) is 2.47. The average Bonchev–Trinajstić information content (AvgIpc) is 3.30. The van der Waals surface area contributed by atoms with Gasteiger partial charge >= 0.3 is 0 Å². The Morgan fingerprint density at radius 1 is 1.54 bits per heavy atom. The Kier molecular flexibility index (Phi) is 4.37. The van der Waals surface area contributed by atoms with Gasteiger partial charge in [-0.3, -0.25) is 9.89 Å². The number of likely N-dealkylation sites (tertiary alicyclic amines) is 1. The van der Waals surface area contributed by atoms with Gasteiger partial charge in [0.1, 0.15) is 5.82 Å². The van der Waals surface area contributed by atoms with Crippen molar-refractivity contribution in [3.63, 3.8) is 0 Å². The van der Waals surface area contributed by atoms with Crippen LogP contribution in [0.25, 0.3) is 0 Å². The Bertz CT molecular complexity index is 699. The van der Waals surface area contributed by atoms with Crippen LogP contribution in [0.1, 0.15) is 22.9 Å². The summed E-state index contributed by atoms with van der Waals surface area (Å²) < 4.78 is 6.02. The van der Waals surface area contributed by atoms with Crippen molar-refractivity contribution >= 4 is 17.2 Å². The molecule has 128 valence electrons. The molecule has 2 fully saturated rings. The Labute approximate surface area is 145 Å². The van der Waals surface area contributed by atoms with Gasteiger partial charge in [0, 0.05) is 30.3 Å². The molecule has 0 aromatic carbocycles. The lowest BCUT2D eigenvalue weighted by Crippen LogP contribution is -2.45. The summed E-state index contributed by atoms with van der Waals surface area (Å²) in [6.45, 7) is 4.30. The molecular formula is C17H22N4O2S. The Morgan fingerprint density at radius 2 is 2.46 bits per heavy atom. The van der Waals surface area contributed by atoms with Crippen LogP contribution in [-0.4, -0.2) is 51.8 Å². The number of carbonyl (C=O) groups is 1. The van der Waals surface area contributed by atoms with Crippen LogP contribution in [0.15, 0.2) is 17.5 Å². The molecule has 0 bridgehead atoms. The number of piperidine rings is 1. The molecule has 0 aliphatic carbocycles. The fraction of sp³-hybridized carbons (Fsp3) is 0.588. The predicted molar refractivity (Wildman–Crippen MR) is 90.8 cm³/mol. The third-order valence-corrected chi connectivity index (χ3v) is 5.96. The summed E-state index contributed by atoms with van der Waals surface area (Å²) in [4.78, 5) is 20.0. The molecule has 3 atom stereocenters. The van der Waals surface area contributed by atoms with Crippen molar-refractivity contribution in [3.05, 3.63) is 34.0 Å². The molecule has 1 amide bonds. The predicted octanol–water partition coefficient (Wildman–Crippen LogP) is 1.82. The van der Waals surface area contributed by atoms with Gasteiger partial charge in [-0.15, -0.1) is 11.3 Å². The van der Waals surface area contributed by atoms with Crippen LogP contribution >= 0.6 is 11.3 Å². The Hall–Kier alpha value is -1.73. The minimum atomic E-state index is 0.180. The molecule has 24 heavy (non-hydrogen) atoms. The molecule has 0 unspecified atom stereocenters. The number of nitrogens with one attached hydrogen (secondary N) is 1. The maximum Gasteiger partial charge on any atom is 0.227 e. The highest BCUT2D eigenvalue weighted by molar-refractivity contribution is 7.10. The van der Waals surface area contributed by atoms with Gasteiger partial charge in [-0.05, 0) is 30.7 Å². The van der Waals surface area contributed by atoms with Crippen LogP contribution in [0.5, 0.6) is 0 Å². The number of fused-ring (bicyclic) bond motifs is 1. The van der Waals surface area contributed by atoms with Gasteiger partial charge in [-0.2, -0.15) is 5.10 Å². The number of H-pyrrole nitrogens is 1. The normalized spacial score (nSPS) is 26.5. The van der Waals surface area contributed by atoms with Crippen molar-refractivity contribution in [1.82, 2.24) is 20.1 Å². The number of aromatic nitrogens is 3. The van der Waals surface area contributed by atoms with E-state index in [9.17, 15) is 4.79 Å². The number of aryl methyl sites for hydroxylation is 1. The molecule has 0 spiro atoms. The zero-order chi connectivity index (χ0) is 16.5. The van der Waals surface area contributed by atoms with Gasteiger partial charge in [-0.1, -0.05) is 6.07 Å². The number of aromatic amines is 1. The fourth-order valence-corrected chi connectivity index (χ4v) is 4.55. The van der Waals surface area contributed by atoms with E-state index in [0.717, 1.165) is 49.1 Å². The van der Waals surface area contributed by atoms with Crippen LogP contribution < -0.4 is 0 Å². The molecule has 4 heterocycles. The van der Waals surface area contributed by atoms with Gasteiger partial charge in [0.2, 0.25) is 5.91 Å². The monoisotopic (exact) mass is 346 g/mol. The Morgan fingerprint density at radius 3 is 3.21 bits per heavy atom. The third kappa shape index (κ3) is 3.23. The largest absolute Gasteiger partial charge is 0.377 e. The highest BCUT2D eigenvalue weighted by atomic mass is 32.1. The van der Waals surface area contributed by atoms with Crippen LogP contribution in [0.3, 0.4) is 0 Å². The summed E-state index contributed by atoms with van der Waals surface area (Å²) in [5, 5.41) is 9.13. The van der Waals surface area contributed by atoms with Crippen LogP contribution in [-0.2, 0) is 22.4 Å². The maximum atomic E-state index is 12.5. The van der Waals surface area contributed by atoms with Gasteiger partial charge in [0.05, 0.1) is 19.1 Å². The third-order valence-electron chi connectivity index (χ3n) is 5.08. The first-order valence-electron chi connectivity index (χ1n) is 8.48. The average molecular weight is 346 g/mol. The molecule has 2 aromatic rings. The van der Waals surface area contributed by atoms with Crippen molar-refractivity contribution in [2.24, 2.45) is 11.8 Å². The van der Waals surface area contributed by atoms with Gasteiger partial charge in [0.25, 0.3) is 0 Å². The molecule has 2 aliphatic heterocycles. The topological polar surface area (TPSA) is 71.1 Å². The van der Waals surface area contributed by atoms with E-state index < -0.39 is 0 Å². The van der Waals surface area contributed by atoms with E-state index in [2.05, 4.69) is 15.2 Å². The first kappa shape index (κ1) is 15.8. The molecular weight excluding hydrogens is 324 g/mol. The molecule has 0 radical (unpaired) electrons. The smallest absolute Gasteiger partial charge is 0.227 e. The number of hydrogen-bond donors (Lipinski definition) is 1. The van der Waals surface area contributed by atoms with Crippen molar-refractivity contribution in [3.8, 4) is 0 Å². The maximum absolute atomic E-state index is 12.5. The zero-order valence-electron chi connectivity index (χ0n) is 13.8. The van der Waals surface area contributed by atoms with Crippen LogP contribution in [0.2, 0.25) is 0 Å². The second-order valence-electron chi connectivity index (χ2n) is 6.72. The quantitative estimate of drug-likeness (QED) is 0.917. The Balaban J connectivity index is 1.34. The lowest BCUT2D eigenvalue weighted by Gasteiger charge is -2.35. The molecule has 0 saturated carbocycles. The van der Waals surface area contributed by atoms with E-state index in [1.165, 1.54) is 0 Å². The van der Waals surface area contributed by atoms with E-state index in [1.54, 1.807) is 11.3 Å². The van der Waals surface area contributed by atoms with Crippen molar-refractivity contribution < 1.29 is 9.53 Å². The second-order valence-corrected chi connectivity index (χ2v) is 7.75. The number of amides is 1. The molecule has 1 N–H and O–H groups in total. The van der Waals surface area contributed by atoms with E-state index >= 15 is 0 Å². The summed E-state index contributed by atoms with van der Waals surface area (Å²) in [6, 6.07) is 4.03. The molecule has 2 saturated heterocycles. The van der Waals surface area contributed by atoms with Crippen molar-refractivity contribution in [2.45, 2.75) is 32.3 Å². The number of rotatable bonds is 4. The summed E-state index contributed by atoms with van der Waals surface area (Å²) in [7, 11) is 0. The number of thiophene rings is 1. The molecule has 6 nitrogen and oxygen atoms in total. The molecule has 2 aromatic heterocycles. The second kappa shape index (κ2) is 6.64. The van der Waals surface area contributed by atoms with Crippen molar-refractivity contribution in [1.29, 1.82) is 0 Å². The van der Waals surface area contributed by atoms with E-state index in [-0.39, 0.29) is 12.0 Å². The first-order chi connectivity index (χ1) is 11.7. The van der Waals surface area contributed by atoms with E-state index in [4.69, 9.17) is 4.74 Å². The highest BCUT2D eigenvalue weighted by Crippen LogP contribution is 2.35. The lowest BCUT2D eigenvalue weighted by atomic mass is 9.83. The standard InChI is InChI=1S/C17H22N4O2S/c1-11-18-16(20-19-11)8-15-14-4-5-21(9-12(14)10-23-15)17(22)7-13-3-2-6-24-13/h2-3,6,12,14-15H,4-5,7-10H2,1H3,(H,18,19,20)/t12-,14-,15-/m1/s1. The summed E-state index contributed by atoms with van der Waals surface area (Å²) in [5.41, 5.74) is 0. The number of carbonyl (C=O) groups excluding carboxylic acids is 1. The SMILES string of the molecule is Cc1nc(C[C@H]2OC[C@H]3CN(C(=O)Cc4cccs4)CC[C@H]32)n[nH]1. The van der Waals surface area contributed by atoms with Crippen molar-refractivity contribution in [2.75, 3.05) is 19.7 Å². The summed E-state index contributed by atoms with van der Waals surface area (Å²) in [5.74, 6) is 2.86. The number of ether oxygens (including phenoxy) is 1. The fourth-order valence-electron chi connectivity index (χ4n) is 3.86. The van der Waals surface area contributed by atoms with Crippen LogP contribution in [0.4, 0.5) is 0 Å². The lowest BCUT2D eigenvalue weighted by molar-refractivity contribution is -0.132. The number of nitrogens with zero attached hydrogens (tertiary/aromatic N) is 3. The van der Waals surface area contributed by atoms with Gasteiger partial charge in [-0.25, -0.2) is 4.98 Å². The van der Waals surface area contributed by atoms with E-state index in [1.807, 2.05) is 29.3 Å². The van der Waals surface area contributed by atoms with Gasteiger partial charge < -0.3 is 9.64 Å². The van der Waals surface area contributed by atoms with Crippen LogP contribution in [0, 0.1) is 18.8 Å². The molecule has 7 heteroatoms. The minimum absolute atomic E-state index is 0.180. The minimum Gasteiger partial charge on any atom is -0.377 e. The number of hydrogen-bond acceptors (Lipinski definition) is 5. The van der Waals surface area contributed by atoms with E-state index in [0.29, 0.717) is 18.3 Å². The van der Waals surface area contributed by atoms with Gasteiger partial charge in [0.15, 0.2) is 5.82 Å². The molecule has 2 aliphatic rings. The zero-order valence-corrected chi connectivity index (χ0v) is 14.6. The summed E-state index contributed by atoms with van der Waals surface area (Å²) >= 11 is 1.65. The first-order valence-corrected chi connectivity index (χ1v) is 9.36.